The summed E-state index contributed by atoms with van der Waals surface area (Å²) in [6.45, 7) is -0.437. The summed E-state index contributed by atoms with van der Waals surface area (Å²) in [6.07, 6.45) is 0.123. The Kier molecular flexibility index (Phi) is 5.47. The minimum absolute atomic E-state index is 0.123. The minimum atomic E-state index is -0.599. The predicted molar refractivity (Wildman–Crippen MR) is 78.9 cm³/mol. The third-order valence-corrected chi connectivity index (χ3v) is 3.95. The van der Waals surface area contributed by atoms with Crippen molar-refractivity contribution in [1.82, 2.24) is 10.9 Å². The van der Waals surface area contributed by atoms with Gasteiger partial charge >= 0.3 is 5.97 Å². The Morgan fingerprint density at radius 3 is 2.67 bits per heavy atom. The van der Waals surface area contributed by atoms with Gasteiger partial charge in [0, 0.05) is 0 Å². The number of nitrogens with one attached hydrogen (secondary N) is 2. The number of amides is 2. The lowest BCUT2D eigenvalue weighted by atomic mass is 10.2. The number of hydrogen-bond acceptors (Lipinski definition) is 6. The van der Waals surface area contributed by atoms with Crippen LogP contribution in [0.1, 0.15) is 15.2 Å². The van der Waals surface area contributed by atoms with Crippen LogP contribution < -0.4 is 10.9 Å². The van der Waals surface area contributed by atoms with E-state index in [1.165, 1.54) is 22.7 Å². The van der Waals surface area contributed by atoms with E-state index in [2.05, 4.69) is 10.9 Å². The van der Waals surface area contributed by atoms with Crippen LogP contribution in [0, 0.1) is 0 Å². The van der Waals surface area contributed by atoms with Crippen molar-refractivity contribution in [3.63, 3.8) is 0 Å². The van der Waals surface area contributed by atoms with Crippen LogP contribution in [0.25, 0.3) is 0 Å². The van der Waals surface area contributed by atoms with Crippen LogP contribution in [0.5, 0.6) is 0 Å². The second-order valence-corrected chi connectivity index (χ2v) is 5.68. The predicted octanol–water partition coefficient (Wildman–Crippen LogP) is 1.36. The maximum atomic E-state index is 11.5. The van der Waals surface area contributed by atoms with Crippen molar-refractivity contribution < 1.29 is 19.1 Å². The topological polar surface area (TPSA) is 84.5 Å². The molecule has 2 rings (SSSR count). The molecule has 0 aliphatic rings. The minimum Gasteiger partial charge on any atom is -0.455 e. The molecule has 2 amide bonds. The molecule has 0 bridgehead atoms. The van der Waals surface area contributed by atoms with E-state index >= 15 is 0 Å². The summed E-state index contributed by atoms with van der Waals surface area (Å²) in [5.74, 6) is -1.50. The molecule has 110 valence electrons. The molecule has 0 aromatic carbocycles. The lowest BCUT2D eigenvalue weighted by Crippen LogP contribution is -2.43. The van der Waals surface area contributed by atoms with Gasteiger partial charge in [-0.15, -0.1) is 11.3 Å². The van der Waals surface area contributed by atoms with E-state index in [0.717, 1.165) is 5.56 Å². The lowest BCUT2D eigenvalue weighted by Gasteiger charge is -2.07. The van der Waals surface area contributed by atoms with Crippen LogP contribution in [0.15, 0.2) is 34.3 Å². The van der Waals surface area contributed by atoms with E-state index in [9.17, 15) is 14.4 Å². The van der Waals surface area contributed by atoms with Crippen molar-refractivity contribution in [3.05, 3.63) is 44.8 Å². The molecule has 0 saturated carbocycles. The van der Waals surface area contributed by atoms with Gasteiger partial charge in [-0.1, -0.05) is 6.07 Å². The number of rotatable bonds is 5. The zero-order valence-corrected chi connectivity index (χ0v) is 12.5. The lowest BCUT2D eigenvalue weighted by molar-refractivity contribution is -0.148. The van der Waals surface area contributed by atoms with Crippen molar-refractivity contribution in [2.24, 2.45) is 0 Å². The van der Waals surface area contributed by atoms with Crippen LogP contribution in [0.2, 0.25) is 0 Å². The van der Waals surface area contributed by atoms with Crippen molar-refractivity contribution in [2.45, 2.75) is 6.42 Å². The Balaban J connectivity index is 1.65. The largest absolute Gasteiger partial charge is 0.455 e. The van der Waals surface area contributed by atoms with Gasteiger partial charge in [-0.2, -0.15) is 11.3 Å². The van der Waals surface area contributed by atoms with Gasteiger partial charge in [-0.3, -0.25) is 25.2 Å². The Bertz CT molecular complexity index is 608. The molecular weight excluding hydrogens is 312 g/mol. The number of esters is 1. The maximum Gasteiger partial charge on any atom is 0.310 e. The molecule has 2 aromatic rings. The normalized spacial score (nSPS) is 9.90. The molecule has 6 nitrogen and oxygen atoms in total. The molecule has 8 heteroatoms. The third-order valence-electron chi connectivity index (χ3n) is 2.35. The van der Waals surface area contributed by atoms with E-state index in [0.29, 0.717) is 4.88 Å². The summed E-state index contributed by atoms with van der Waals surface area (Å²) < 4.78 is 4.81. The molecule has 2 N–H and O–H groups in total. The first kappa shape index (κ1) is 15.2. The number of hydrazine groups is 1. The molecule has 0 fully saturated rings. The van der Waals surface area contributed by atoms with Crippen molar-refractivity contribution in [1.29, 1.82) is 0 Å². The van der Waals surface area contributed by atoms with Crippen molar-refractivity contribution in [3.8, 4) is 0 Å². The molecule has 0 saturated heterocycles. The smallest absolute Gasteiger partial charge is 0.310 e. The van der Waals surface area contributed by atoms with Gasteiger partial charge in [-0.25, -0.2) is 0 Å². The van der Waals surface area contributed by atoms with E-state index in [1.54, 1.807) is 17.5 Å². The zero-order chi connectivity index (χ0) is 15.1. The van der Waals surface area contributed by atoms with E-state index in [1.807, 2.05) is 16.8 Å². The van der Waals surface area contributed by atoms with Crippen LogP contribution in [-0.2, 0) is 20.7 Å². The number of carbonyl (C=O) groups excluding carboxylic acids is 3. The highest BCUT2D eigenvalue weighted by Gasteiger charge is 2.11. The van der Waals surface area contributed by atoms with Crippen LogP contribution in [-0.4, -0.2) is 24.4 Å². The summed E-state index contributed by atoms with van der Waals surface area (Å²) >= 11 is 2.74. The zero-order valence-electron chi connectivity index (χ0n) is 10.8. The van der Waals surface area contributed by atoms with Crippen molar-refractivity contribution >= 4 is 40.5 Å². The molecule has 0 atom stereocenters. The highest BCUT2D eigenvalue weighted by Crippen LogP contribution is 2.07. The fraction of sp³-hybridized carbons (Fsp3) is 0.154. The SMILES string of the molecule is O=C(COC(=O)Cc1ccsc1)NNC(=O)c1cccs1. The molecule has 0 unspecified atom stereocenters. The molecular formula is C13H12N2O4S2. The van der Waals surface area contributed by atoms with Gasteiger partial charge in [0.2, 0.25) is 0 Å². The number of thiophene rings is 2. The Morgan fingerprint density at radius 1 is 1.14 bits per heavy atom. The van der Waals surface area contributed by atoms with Gasteiger partial charge in [0.25, 0.3) is 11.8 Å². The second kappa shape index (κ2) is 7.55. The first-order valence-corrected chi connectivity index (χ1v) is 7.77. The molecule has 21 heavy (non-hydrogen) atoms. The number of carbonyl (C=O) groups is 3. The summed E-state index contributed by atoms with van der Waals surface area (Å²) in [4.78, 5) is 34.9. The molecule has 0 aliphatic carbocycles. The van der Waals surface area contributed by atoms with Crippen LogP contribution in [0.4, 0.5) is 0 Å². The summed E-state index contributed by atoms with van der Waals surface area (Å²) in [5.41, 5.74) is 5.26. The monoisotopic (exact) mass is 324 g/mol. The van der Waals surface area contributed by atoms with Crippen molar-refractivity contribution in [2.75, 3.05) is 6.61 Å². The van der Waals surface area contributed by atoms with Crippen LogP contribution in [0.3, 0.4) is 0 Å². The van der Waals surface area contributed by atoms with E-state index < -0.39 is 24.4 Å². The van der Waals surface area contributed by atoms with Crippen LogP contribution >= 0.6 is 22.7 Å². The summed E-state index contributed by atoms with van der Waals surface area (Å²) in [7, 11) is 0. The fourth-order valence-corrected chi connectivity index (χ4v) is 2.68. The quantitative estimate of drug-likeness (QED) is 0.642. The molecule has 2 heterocycles. The second-order valence-electron chi connectivity index (χ2n) is 3.95. The first-order valence-electron chi connectivity index (χ1n) is 5.94. The first-order chi connectivity index (χ1) is 10.1. The highest BCUT2D eigenvalue weighted by atomic mass is 32.1. The van der Waals surface area contributed by atoms with E-state index in [4.69, 9.17) is 4.74 Å². The van der Waals surface area contributed by atoms with Gasteiger partial charge in [0.1, 0.15) is 0 Å². The maximum absolute atomic E-state index is 11.5. The average molecular weight is 324 g/mol. The number of hydrogen-bond donors (Lipinski definition) is 2. The summed E-state index contributed by atoms with van der Waals surface area (Å²) in [6, 6.07) is 5.17. The van der Waals surface area contributed by atoms with Gasteiger partial charge in [0.15, 0.2) is 6.61 Å². The standard InChI is InChI=1S/C13H12N2O4S2/c16-11(14-15-13(18)10-2-1-4-21-10)7-19-12(17)6-9-3-5-20-8-9/h1-5,8H,6-7H2,(H,14,16)(H,15,18). The fourth-order valence-electron chi connectivity index (χ4n) is 1.39. The highest BCUT2D eigenvalue weighted by molar-refractivity contribution is 7.12. The molecule has 0 spiro atoms. The molecule has 0 aliphatic heterocycles. The van der Waals surface area contributed by atoms with Gasteiger partial charge < -0.3 is 4.74 Å². The number of ether oxygens (including phenoxy) is 1. The molecule has 2 aromatic heterocycles. The van der Waals surface area contributed by atoms with Gasteiger partial charge in [-0.05, 0) is 33.8 Å². The Hall–Kier alpha value is -2.19. The summed E-state index contributed by atoms with van der Waals surface area (Å²) in [5, 5.41) is 5.45. The Morgan fingerprint density at radius 2 is 2.00 bits per heavy atom. The average Bonchev–Trinajstić information content (AvgIpc) is 3.15. The van der Waals surface area contributed by atoms with Gasteiger partial charge in [0.05, 0.1) is 11.3 Å². The van der Waals surface area contributed by atoms with E-state index in [-0.39, 0.29) is 6.42 Å². The Labute approximate surface area is 128 Å². The molecule has 0 radical (unpaired) electrons. The third kappa shape index (κ3) is 5.01.